The molecule has 0 saturated carbocycles. The van der Waals surface area contributed by atoms with Crippen LogP contribution in [0.2, 0.25) is 0 Å². The lowest BCUT2D eigenvalue weighted by Gasteiger charge is -2.20. The van der Waals surface area contributed by atoms with Gasteiger partial charge >= 0.3 is 6.09 Å². The number of amides is 2. The Labute approximate surface area is 183 Å². The van der Waals surface area contributed by atoms with E-state index in [2.05, 4.69) is 15.4 Å². The Hall–Kier alpha value is -2.65. The Kier molecular flexibility index (Phi) is 9.26. The molecule has 2 rings (SSSR count). The Balaban J connectivity index is 1.84. The third-order valence-electron chi connectivity index (χ3n) is 4.57. The van der Waals surface area contributed by atoms with Crippen molar-refractivity contribution in [2.45, 2.75) is 44.6 Å². The maximum absolute atomic E-state index is 12.5. The van der Waals surface area contributed by atoms with Crippen LogP contribution in [0.1, 0.15) is 33.6 Å². The number of ether oxygens (including phenoxy) is 1. The van der Waals surface area contributed by atoms with Crippen LogP contribution in [0, 0.1) is 5.92 Å². The zero-order valence-electron chi connectivity index (χ0n) is 18.2. The molecule has 0 aliphatic heterocycles. The van der Waals surface area contributed by atoms with Crippen LogP contribution < -0.4 is 15.4 Å². The largest absolute Gasteiger partial charge is 0.450 e. The van der Waals surface area contributed by atoms with Crippen molar-refractivity contribution in [1.82, 2.24) is 15.4 Å². The summed E-state index contributed by atoms with van der Waals surface area (Å²) in [7, 11) is -3.72. The number of alkyl carbamates (subject to hydrolysis) is 1. The van der Waals surface area contributed by atoms with Crippen LogP contribution in [0.4, 0.5) is 4.79 Å². The minimum atomic E-state index is -3.72. The van der Waals surface area contributed by atoms with Crippen molar-refractivity contribution in [2.75, 3.05) is 19.7 Å². The molecule has 0 saturated heterocycles. The van der Waals surface area contributed by atoms with Crippen molar-refractivity contribution in [3.8, 4) is 0 Å². The summed E-state index contributed by atoms with van der Waals surface area (Å²) in [6.45, 7) is 6.24. The van der Waals surface area contributed by atoms with E-state index < -0.39 is 16.1 Å². The maximum atomic E-state index is 12.5. The Morgan fingerprint density at radius 3 is 2.45 bits per heavy atom. The van der Waals surface area contributed by atoms with E-state index in [0.29, 0.717) is 12.3 Å². The van der Waals surface area contributed by atoms with Crippen molar-refractivity contribution in [3.63, 3.8) is 0 Å². The molecule has 0 bridgehead atoms. The van der Waals surface area contributed by atoms with Gasteiger partial charge in [0.2, 0.25) is 15.9 Å². The second-order valence-electron chi connectivity index (χ2n) is 7.65. The first-order valence-electron chi connectivity index (χ1n) is 10.4. The SMILES string of the molecule is CCOC(=O)NC(CNC(=O)CCNS(=O)(=O)c1ccc2ccccc2c1)CC(C)C. The van der Waals surface area contributed by atoms with Gasteiger partial charge in [-0.25, -0.2) is 17.9 Å². The van der Waals surface area contributed by atoms with Crippen molar-refractivity contribution in [2.24, 2.45) is 5.92 Å². The van der Waals surface area contributed by atoms with Crippen LogP contribution >= 0.6 is 0 Å². The predicted octanol–water partition coefficient (Wildman–Crippen LogP) is 2.79. The van der Waals surface area contributed by atoms with Gasteiger partial charge in [0.25, 0.3) is 0 Å². The Morgan fingerprint density at radius 2 is 1.77 bits per heavy atom. The summed E-state index contributed by atoms with van der Waals surface area (Å²) in [6.07, 6.45) is 0.138. The van der Waals surface area contributed by atoms with Crippen molar-refractivity contribution < 1.29 is 22.7 Å². The van der Waals surface area contributed by atoms with Crippen molar-refractivity contribution >= 4 is 32.8 Å². The molecule has 2 amide bonds. The van der Waals surface area contributed by atoms with E-state index in [0.717, 1.165) is 10.8 Å². The summed E-state index contributed by atoms with van der Waals surface area (Å²) >= 11 is 0. The molecule has 1 unspecified atom stereocenters. The average Bonchev–Trinajstić information content (AvgIpc) is 2.71. The van der Waals surface area contributed by atoms with E-state index in [1.807, 2.05) is 38.1 Å². The summed E-state index contributed by atoms with van der Waals surface area (Å²) in [4.78, 5) is 24.0. The van der Waals surface area contributed by atoms with Gasteiger partial charge in [0.05, 0.1) is 11.5 Å². The first-order chi connectivity index (χ1) is 14.7. The van der Waals surface area contributed by atoms with Crippen LogP contribution in [0.15, 0.2) is 47.4 Å². The van der Waals surface area contributed by atoms with Gasteiger partial charge in [-0.15, -0.1) is 0 Å². The molecule has 0 heterocycles. The number of carbonyl (C=O) groups is 2. The van der Waals surface area contributed by atoms with Crippen LogP contribution in [0.3, 0.4) is 0 Å². The highest BCUT2D eigenvalue weighted by Gasteiger charge is 2.17. The molecule has 8 nitrogen and oxygen atoms in total. The molecule has 9 heteroatoms. The van der Waals surface area contributed by atoms with Crippen molar-refractivity contribution in [3.05, 3.63) is 42.5 Å². The fraction of sp³-hybridized carbons (Fsp3) is 0.455. The van der Waals surface area contributed by atoms with Gasteiger partial charge in [-0.05, 0) is 42.2 Å². The smallest absolute Gasteiger partial charge is 0.407 e. The molecule has 0 fully saturated rings. The minimum Gasteiger partial charge on any atom is -0.450 e. The highest BCUT2D eigenvalue weighted by molar-refractivity contribution is 7.89. The topological polar surface area (TPSA) is 114 Å². The van der Waals surface area contributed by atoms with Gasteiger partial charge in [-0.3, -0.25) is 4.79 Å². The lowest BCUT2D eigenvalue weighted by Crippen LogP contribution is -2.45. The highest BCUT2D eigenvalue weighted by Crippen LogP contribution is 2.18. The standard InChI is InChI=1S/C22H31N3O5S/c1-4-30-22(27)25-19(13-16(2)3)15-23-21(26)11-12-24-31(28,29)20-10-9-17-7-5-6-8-18(17)14-20/h5-10,14,16,19,24H,4,11-13,15H2,1-3H3,(H,23,26)(H,25,27). The van der Waals surface area contributed by atoms with Gasteiger partial charge in [0.15, 0.2) is 0 Å². The number of benzene rings is 2. The zero-order chi connectivity index (χ0) is 22.9. The summed E-state index contributed by atoms with van der Waals surface area (Å²) in [5, 5.41) is 7.25. The Bertz CT molecular complexity index is 992. The fourth-order valence-corrected chi connectivity index (χ4v) is 4.21. The average molecular weight is 450 g/mol. The summed E-state index contributed by atoms with van der Waals surface area (Å²) < 4.78 is 32.4. The van der Waals surface area contributed by atoms with Gasteiger partial charge in [0.1, 0.15) is 0 Å². The van der Waals surface area contributed by atoms with Crippen LogP contribution in [-0.4, -0.2) is 46.2 Å². The molecule has 0 aromatic heterocycles. The molecule has 2 aromatic carbocycles. The molecule has 0 spiro atoms. The molecule has 2 aromatic rings. The van der Waals surface area contributed by atoms with E-state index in [-0.39, 0.29) is 43.0 Å². The number of rotatable bonds is 11. The van der Waals surface area contributed by atoms with Gasteiger partial charge < -0.3 is 15.4 Å². The van der Waals surface area contributed by atoms with Crippen LogP contribution in [0.25, 0.3) is 10.8 Å². The quantitative estimate of drug-likeness (QED) is 0.488. The van der Waals surface area contributed by atoms with Gasteiger partial charge in [0, 0.05) is 25.6 Å². The number of carbonyl (C=O) groups excluding carboxylic acids is 2. The first-order valence-corrected chi connectivity index (χ1v) is 11.9. The normalized spacial score (nSPS) is 12.5. The van der Waals surface area contributed by atoms with Crippen LogP contribution in [-0.2, 0) is 19.6 Å². The number of nitrogens with one attached hydrogen (secondary N) is 3. The molecule has 31 heavy (non-hydrogen) atoms. The highest BCUT2D eigenvalue weighted by atomic mass is 32.2. The second kappa shape index (κ2) is 11.7. The maximum Gasteiger partial charge on any atom is 0.407 e. The summed E-state index contributed by atoms with van der Waals surface area (Å²) in [6, 6.07) is 12.1. The fourth-order valence-electron chi connectivity index (χ4n) is 3.14. The minimum absolute atomic E-state index is 0.0133. The van der Waals surface area contributed by atoms with Crippen LogP contribution in [0.5, 0.6) is 0 Å². The van der Waals surface area contributed by atoms with E-state index in [4.69, 9.17) is 4.74 Å². The van der Waals surface area contributed by atoms with Crippen molar-refractivity contribution in [1.29, 1.82) is 0 Å². The Morgan fingerprint density at radius 1 is 1.06 bits per heavy atom. The predicted molar refractivity (Wildman–Crippen MR) is 120 cm³/mol. The number of fused-ring (bicyclic) bond motifs is 1. The zero-order valence-corrected chi connectivity index (χ0v) is 19.0. The summed E-state index contributed by atoms with van der Waals surface area (Å²) in [5.41, 5.74) is 0. The molecule has 0 aliphatic rings. The molecular formula is C22H31N3O5S. The van der Waals surface area contributed by atoms with E-state index in [9.17, 15) is 18.0 Å². The number of hydrogen-bond acceptors (Lipinski definition) is 5. The lowest BCUT2D eigenvalue weighted by atomic mass is 10.0. The molecular weight excluding hydrogens is 418 g/mol. The van der Waals surface area contributed by atoms with E-state index >= 15 is 0 Å². The third kappa shape index (κ3) is 8.18. The summed E-state index contributed by atoms with van der Waals surface area (Å²) in [5.74, 6) is 0.0122. The second-order valence-corrected chi connectivity index (χ2v) is 9.42. The first kappa shape index (κ1) is 24.6. The van der Waals surface area contributed by atoms with Gasteiger partial charge in [-0.2, -0.15) is 0 Å². The van der Waals surface area contributed by atoms with Gasteiger partial charge in [-0.1, -0.05) is 44.2 Å². The molecule has 3 N–H and O–H groups in total. The third-order valence-corrected chi connectivity index (χ3v) is 6.03. The molecule has 170 valence electrons. The number of hydrogen-bond donors (Lipinski definition) is 3. The molecule has 0 aliphatic carbocycles. The molecule has 1 atom stereocenters. The monoisotopic (exact) mass is 449 g/mol. The number of sulfonamides is 1. The van der Waals surface area contributed by atoms with E-state index in [1.54, 1.807) is 25.1 Å². The van der Waals surface area contributed by atoms with E-state index in [1.165, 1.54) is 0 Å². The molecule has 0 radical (unpaired) electrons. The lowest BCUT2D eigenvalue weighted by molar-refractivity contribution is -0.121.